The van der Waals surface area contributed by atoms with E-state index >= 15 is 0 Å². The normalized spacial score (nSPS) is 10.0. The molecule has 2 rings (SSSR count). The SMILES string of the molecule is COc1ccc(C(=O)NC(=S)Nc2ccc(Br)cc2Cl)cc1OC. The van der Waals surface area contributed by atoms with Crippen LogP contribution in [0.5, 0.6) is 11.5 Å². The number of halogens is 2. The van der Waals surface area contributed by atoms with Crippen molar-refractivity contribution >= 4 is 56.5 Å². The van der Waals surface area contributed by atoms with Gasteiger partial charge in [0.1, 0.15) is 0 Å². The number of methoxy groups -OCH3 is 2. The molecule has 0 aliphatic carbocycles. The van der Waals surface area contributed by atoms with Crippen LogP contribution in [-0.2, 0) is 0 Å². The number of nitrogens with one attached hydrogen (secondary N) is 2. The summed E-state index contributed by atoms with van der Waals surface area (Å²) in [6.07, 6.45) is 0. The third-order valence-corrected chi connectivity index (χ3v) is 4.06. The number of ether oxygens (including phenoxy) is 2. The molecule has 0 radical (unpaired) electrons. The van der Waals surface area contributed by atoms with E-state index in [9.17, 15) is 4.79 Å². The van der Waals surface area contributed by atoms with Crippen molar-refractivity contribution < 1.29 is 14.3 Å². The van der Waals surface area contributed by atoms with E-state index in [2.05, 4.69) is 26.6 Å². The molecule has 8 heteroatoms. The molecule has 24 heavy (non-hydrogen) atoms. The Hall–Kier alpha value is -1.83. The standard InChI is InChI=1S/C16H14BrClN2O3S/c1-22-13-6-3-9(7-14(13)23-2)15(21)20-16(24)19-12-5-4-10(17)8-11(12)18/h3-8H,1-2H3,(H2,19,20,21,24). The van der Waals surface area contributed by atoms with E-state index < -0.39 is 0 Å². The van der Waals surface area contributed by atoms with Gasteiger partial charge in [0.25, 0.3) is 5.91 Å². The predicted octanol–water partition coefficient (Wildman–Crippen LogP) is 4.25. The molecule has 2 aromatic rings. The molecule has 0 fully saturated rings. The van der Waals surface area contributed by atoms with Gasteiger partial charge in [0.05, 0.1) is 24.9 Å². The molecule has 2 N–H and O–H groups in total. The van der Waals surface area contributed by atoms with Crippen LogP contribution in [0.2, 0.25) is 5.02 Å². The highest BCUT2D eigenvalue weighted by Gasteiger charge is 2.12. The summed E-state index contributed by atoms with van der Waals surface area (Å²) in [6.45, 7) is 0. The van der Waals surface area contributed by atoms with Crippen molar-refractivity contribution in [3.05, 3.63) is 51.5 Å². The van der Waals surface area contributed by atoms with Gasteiger partial charge in [-0.3, -0.25) is 10.1 Å². The molecule has 1 amide bonds. The van der Waals surface area contributed by atoms with Crippen LogP contribution >= 0.6 is 39.7 Å². The number of rotatable bonds is 4. The van der Waals surface area contributed by atoms with E-state index in [0.717, 1.165) is 4.47 Å². The first-order valence-corrected chi connectivity index (χ1v) is 8.32. The molecular formula is C16H14BrClN2O3S. The molecule has 0 aliphatic rings. The van der Waals surface area contributed by atoms with Crippen LogP contribution in [0.15, 0.2) is 40.9 Å². The third-order valence-electron chi connectivity index (χ3n) is 3.05. The molecule has 0 unspecified atom stereocenters. The minimum Gasteiger partial charge on any atom is -0.493 e. The number of hydrogen-bond donors (Lipinski definition) is 2. The molecule has 0 atom stereocenters. The average Bonchev–Trinajstić information content (AvgIpc) is 2.56. The fraction of sp³-hybridized carbons (Fsp3) is 0.125. The molecule has 2 aromatic carbocycles. The van der Waals surface area contributed by atoms with Crippen LogP contribution in [-0.4, -0.2) is 25.2 Å². The maximum absolute atomic E-state index is 12.3. The summed E-state index contributed by atoms with van der Waals surface area (Å²) in [7, 11) is 3.03. The van der Waals surface area contributed by atoms with E-state index in [0.29, 0.717) is 27.8 Å². The number of benzene rings is 2. The molecule has 0 aliphatic heterocycles. The molecule has 0 heterocycles. The van der Waals surface area contributed by atoms with Crippen molar-refractivity contribution in [2.24, 2.45) is 0 Å². The second kappa shape index (κ2) is 8.32. The predicted molar refractivity (Wildman–Crippen MR) is 102 cm³/mol. The second-order valence-corrected chi connectivity index (χ2v) is 6.33. The highest BCUT2D eigenvalue weighted by Crippen LogP contribution is 2.28. The van der Waals surface area contributed by atoms with Crippen LogP contribution in [0.1, 0.15) is 10.4 Å². The molecule has 0 saturated carbocycles. The quantitative estimate of drug-likeness (QED) is 0.712. The highest BCUT2D eigenvalue weighted by atomic mass is 79.9. The molecule has 0 bridgehead atoms. The third kappa shape index (κ3) is 4.59. The summed E-state index contributed by atoms with van der Waals surface area (Å²) in [5.41, 5.74) is 0.983. The van der Waals surface area contributed by atoms with Crippen LogP contribution in [0, 0.1) is 0 Å². The van der Waals surface area contributed by atoms with Gasteiger partial charge in [-0.05, 0) is 48.6 Å². The van der Waals surface area contributed by atoms with Crippen molar-refractivity contribution in [2.45, 2.75) is 0 Å². The smallest absolute Gasteiger partial charge is 0.257 e. The highest BCUT2D eigenvalue weighted by molar-refractivity contribution is 9.10. The Morgan fingerprint density at radius 2 is 1.83 bits per heavy atom. The first-order valence-electron chi connectivity index (χ1n) is 6.74. The lowest BCUT2D eigenvalue weighted by molar-refractivity contribution is 0.0977. The molecular weight excluding hydrogens is 416 g/mol. The molecule has 0 aromatic heterocycles. The van der Waals surface area contributed by atoms with Gasteiger partial charge in [0.2, 0.25) is 0 Å². The number of carbonyl (C=O) groups excluding carboxylic acids is 1. The zero-order valence-electron chi connectivity index (χ0n) is 12.9. The fourth-order valence-electron chi connectivity index (χ4n) is 1.90. The lowest BCUT2D eigenvalue weighted by Gasteiger charge is -2.12. The number of carbonyl (C=O) groups is 1. The summed E-state index contributed by atoms with van der Waals surface area (Å²) in [6, 6.07) is 10.1. The fourth-order valence-corrected chi connectivity index (χ4v) is 2.82. The first kappa shape index (κ1) is 18.5. The van der Waals surface area contributed by atoms with Gasteiger partial charge in [-0.1, -0.05) is 27.5 Å². The van der Waals surface area contributed by atoms with Crippen molar-refractivity contribution in [3.63, 3.8) is 0 Å². The van der Waals surface area contributed by atoms with Crippen molar-refractivity contribution in [1.29, 1.82) is 0 Å². The van der Waals surface area contributed by atoms with Crippen molar-refractivity contribution in [3.8, 4) is 11.5 Å². The summed E-state index contributed by atoms with van der Waals surface area (Å²) in [4.78, 5) is 12.3. The van der Waals surface area contributed by atoms with Gasteiger partial charge in [-0.15, -0.1) is 0 Å². The van der Waals surface area contributed by atoms with Gasteiger partial charge < -0.3 is 14.8 Å². The van der Waals surface area contributed by atoms with Crippen molar-refractivity contribution in [1.82, 2.24) is 5.32 Å². The van der Waals surface area contributed by atoms with Gasteiger partial charge >= 0.3 is 0 Å². The first-order chi connectivity index (χ1) is 11.4. The van der Waals surface area contributed by atoms with E-state index in [4.69, 9.17) is 33.3 Å². The minimum absolute atomic E-state index is 0.138. The van der Waals surface area contributed by atoms with E-state index in [1.165, 1.54) is 14.2 Å². The summed E-state index contributed by atoms with van der Waals surface area (Å²) in [5.74, 6) is 0.623. The largest absolute Gasteiger partial charge is 0.493 e. The van der Waals surface area contributed by atoms with E-state index in [-0.39, 0.29) is 11.0 Å². The Morgan fingerprint density at radius 3 is 2.46 bits per heavy atom. The topological polar surface area (TPSA) is 59.6 Å². The van der Waals surface area contributed by atoms with Gasteiger partial charge in [-0.2, -0.15) is 0 Å². The number of thiocarbonyl (C=S) groups is 1. The Labute approximate surface area is 158 Å². The van der Waals surface area contributed by atoms with Gasteiger partial charge in [0.15, 0.2) is 16.6 Å². The Morgan fingerprint density at radius 1 is 1.12 bits per heavy atom. The number of amides is 1. The minimum atomic E-state index is -0.373. The Bertz CT molecular complexity index is 786. The van der Waals surface area contributed by atoms with Crippen molar-refractivity contribution in [2.75, 3.05) is 19.5 Å². The second-order valence-electron chi connectivity index (χ2n) is 4.60. The van der Waals surface area contributed by atoms with Gasteiger partial charge in [0, 0.05) is 10.0 Å². The lowest BCUT2D eigenvalue weighted by atomic mass is 10.2. The Kier molecular flexibility index (Phi) is 6.42. The molecule has 126 valence electrons. The molecule has 0 saturated heterocycles. The molecule has 0 spiro atoms. The number of hydrogen-bond acceptors (Lipinski definition) is 4. The molecule has 5 nitrogen and oxygen atoms in total. The zero-order valence-corrected chi connectivity index (χ0v) is 16.0. The van der Waals surface area contributed by atoms with E-state index in [1.807, 2.05) is 6.07 Å². The zero-order chi connectivity index (χ0) is 17.7. The van der Waals surface area contributed by atoms with Crippen LogP contribution in [0.25, 0.3) is 0 Å². The van der Waals surface area contributed by atoms with Crippen LogP contribution < -0.4 is 20.1 Å². The average molecular weight is 430 g/mol. The summed E-state index contributed by atoms with van der Waals surface area (Å²) < 4.78 is 11.2. The van der Waals surface area contributed by atoms with Gasteiger partial charge in [-0.25, -0.2) is 0 Å². The maximum atomic E-state index is 12.3. The van der Waals surface area contributed by atoms with Crippen LogP contribution in [0.4, 0.5) is 5.69 Å². The number of anilines is 1. The maximum Gasteiger partial charge on any atom is 0.257 e. The monoisotopic (exact) mass is 428 g/mol. The summed E-state index contributed by atoms with van der Waals surface area (Å²) >= 11 is 14.6. The lowest BCUT2D eigenvalue weighted by Crippen LogP contribution is -2.34. The summed E-state index contributed by atoms with van der Waals surface area (Å²) in [5, 5.41) is 6.09. The van der Waals surface area contributed by atoms with Crippen LogP contribution in [0.3, 0.4) is 0 Å². The van der Waals surface area contributed by atoms with E-state index in [1.54, 1.807) is 30.3 Å². The Balaban J connectivity index is 2.07.